The van der Waals surface area contributed by atoms with Crippen molar-refractivity contribution < 1.29 is 9.53 Å². The van der Waals surface area contributed by atoms with Gasteiger partial charge in [-0.05, 0) is 54.7 Å². The largest absolute Gasteiger partial charge is 0.496 e. The number of nitrogens with zero attached hydrogens (tertiary/aromatic N) is 1. The van der Waals surface area contributed by atoms with Crippen LogP contribution in [0.25, 0.3) is 0 Å². The van der Waals surface area contributed by atoms with Crippen molar-refractivity contribution in [3.63, 3.8) is 0 Å². The third-order valence-electron chi connectivity index (χ3n) is 6.13. The average Bonchev–Trinajstić information content (AvgIpc) is 2.65. The summed E-state index contributed by atoms with van der Waals surface area (Å²) in [6, 6.07) is 15.3. The van der Waals surface area contributed by atoms with Gasteiger partial charge in [-0.3, -0.25) is 4.79 Å². The van der Waals surface area contributed by atoms with E-state index in [2.05, 4.69) is 31.2 Å². The Bertz CT molecular complexity index is 850. The van der Waals surface area contributed by atoms with Crippen LogP contribution in [0.1, 0.15) is 37.3 Å². The standard InChI is InChI=1S/C22H25NO2S/c1-22-13-12-21(24)23(2)20(22)11-8-15-14-16(9-10-17(15)22)26-19-7-5-4-6-18(19)25-3/h4-7,9-10,14,20H,8,11-13H2,1-3H3/t20-,22-/m1/s1. The van der Waals surface area contributed by atoms with E-state index < -0.39 is 0 Å². The molecule has 2 atom stereocenters. The minimum atomic E-state index is 0.0733. The van der Waals surface area contributed by atoms with Crippen molar-refractivity contribution in [1.82, 2.24) is 4.90 Å². The number of likely N-dealkylation sites (N-methyl/N-ethyl adjacent to an activating group) is 1. The monoisotopic (exact) mass is 367 g/mol. The van der Waals surface area contributed by atoms with Gasteiger partial charge in [0.15, 0.2) is 0 Å². The fourth-order valence-corrected chi connectivity index (χ4v) is 5.65. The highest BCUT2D eigenvalue weighted by atomic mass is 32.2. The van der Waals surface area contributed by atoms with E-state index in [0.29, 0.717) is 18.4 Å². The number of likely N-dealkylation sites (tertiary alicyclic amines) is 1. The molecule has 1 saturated heterocycles. The van der Waals surface area contributed by atoms with Gasteiger partial charge in [-0.1, -0.05) is 36.9 Å². The molecular formula is C22H25NO2S. The van der Waals surface area contributed by atoms with E-state index in [1.165, 1.54) is 16.0 Å². The Morgan fingerprint density at radius 2 is 2.00 bits per heavy atom. The molecule has 0 unspecified atom stereocenters. The van der Waals surface area contributed by atoms with Crippen molar-refractivity contribution in [3.05, 3.63) is 53.6 Å². The second kappa shape index (κ2) is 6.66. The normalized spacial score (nSPS) is 24.8. The predicted octanol–water partition coefficient (Wildman–Crippen LogP) is 4.67. The molecule has 2 aromatic carbocycles. The lowest BCUT2D eigenvalue weighted by Gasteiger charge is -2.50. The number of para-hydroxylation sites is 1. The molecule has 2 aromatic rings. The lowest BCUT2D eigenvalue weighted by Crippen LogP contribution is -2.56. The smallest absolute Gasteiger partial charge is 0.222 e. The maximum atomic E-state index is 12.1. The SMILES string of the molecule is COc1ccccc1Sc1ccc2c(c1)CC[C@H]1N(C)C(=O)CC[C@]21C. The molecule has 1 aliphatic carbocycles. The molecule has 26 heavy (non-hydrogen) atoms. The van der Waals surface area contributed by atoms with E-state index in [1.54, 1.807) is 18.9 Å². The first-order valence-corrected chi connectivity index (χ1v) is 10.0. The summed E-state index contributed by atoms with van der Waals surface area (Å²) in [5, 5.41) is 0. The Labute approximate surface area is 159 Å². The van der Waals surface area contributed by atoms with E-state index in [-0.39, 0.29) is 5.41 Å². The van der Waals surface area contributed by atoms with Crippen LogP contribution >= 0.6 is 11.8 Å². The van der Waals surface area contributed by atoms with Crippen LogP contribution in [0, 0.1) is 0 Å². The maximum absolute atomic E-state index is 12.1. The summed E-state index contributed by atoms with van der Waals surface area (Å²) >= 11 is 1.75. The third-order valence-corrected chi connectivity index (χ3v) is 7.18. The lowest BCUT2D eigenvalue weighted by atomic mass is 9.63. The van der Waals surface area contributed by atoms with Crippen LogP contribution in [0.15, 0.2) is 52.3 Å². The molecule has 0 saturated carbocycles. The first-order valence-electron chi connectivity index (χ1n) is 9.23. The molecule has 1 fully saturated rings. The van der Waals surface area contributed by atoms with Crippen molar-refractivity contribution in [2.75, 3.05) is 14.2 Å². The maximum Gasteiger partial charge on any atom is 0.222 e. The summed E-state index contributed by atoms with van der Waals surface area (Å²) in [5.74, 6) is 1.20. The Kier molecular flexibility index (Phi) is 4.47. The van der Waals surface area contributed by atoms with E-state index in [4.69, 9.17) is 4.74 Å². The van der Waals surface area contributed by atoms with Gasteiger partial charge in [-0.2, -0.15) is 0 Å². The number of amides is 1. The fraction of sp³-hybridized carbons (Fsp3) is 0.409. The van der Waals surface area contributed by atoms with Crippen molar-refractivity contribution in [3.8, 4) is 5.75 Å². The van der Waals surface area contributed by atoms with Gasteiger partial charge >= 0.3 is 0 Å². The Hall–Kier alpha value is -1.94. The van der Waals surface area contributed by atoms with Crippen LogP contribution in [-0.4, -0.2) is 31.0 Å². The third kappa shape index (κ3) is 2.81. The molecule has 0 aromatic heterocycles. The summed E-state index contributed by atoms with van der Waals surface area (Å²) in [6.07, 6.45) is 3.69. The number of aryl methyl sites for hydroxylation is 1. The van der Waals surface area contributed by atoms with Gasteiger partial charge in [0.25, 0.3) is 0 Å². The molecule has 3 nitrogen and oxygen atoms in total. The number of hydrogen-bond acceptors (Lipinski definition) is 3. The zero-order valence-electron chi connectivity index (χ0n) is 15.6. The number of ether oxygens (including phenoxy) is 1. The van der Waals surface area contributed by atoms with Gasteiger partial charge in [0, 0.05) is 29.8 Å². The number of carbonyl (C=O) groups excluding carboxylic acids is 1. The number of piperidine rings is 1. The van der Waals surface area contributed by atoms with Crippen LogP contribution in [0.5, 0.6) is 5.75 Å². The van der Waals surface area contributed by atoms with Gasteiger partial charge in [0.05, 0.1) is 12.0 Å². The lowest BCUT2D eigenvalue weighted by molar-refractivity contribution is -0.138. The molecule has 2 aliphatic rings. The highest BCUT2D eigenvalue weighted by Crippen LogP contribution is 2.47. The Balaban J connectivity index is 1.65. The van der Waals surface area contributed by atoms with E-state index >= 15 is 0 Å². The van der Waals surface area contributed by atoms with Gasteiger partial charge in [0.1, 0.15) is 5.75 Å². The van der Waals surface area contributed by atoms with Crippen molar-refractivity contribution in [2.45, 2.75) is 53.9 Å². The van der Waals surface area contributed by atoms with Crippen LogP contribution in [-0.2, 0) is 16.6 Å². The van der Waals surface area contributed by atoms with Crippen molar-refractivity contribution in [2.24, 2.45) is 0 Å². The number of benzene rings is 2. The van der Waals surface area contributed by atoms with Crippen LogP contribution in [0.3, 0.4) is 0 Å². The van der Waals surface area contributed by atoms with E-state index in [1.807, 2.05) is 30.1 Å². The van der Waals surface area contributed by atoms with Gasteiger partial charge in [-0.25, -0.2) is 0 Å². The van der Waals surface area contributed by atoms with Crippen LogP contribution < -0.4 is 4.74 Å². The molecule has 4 rings (SSSR count). The highest BCUT2D eigenvalue weighted by Gasteiger charge is 2.46. The van der Waals surface area contributed by atoms with Crippen molar-refractivity contribution in [1.29, 1.82) is 0 Å². The zero-order chi connectivity index (χ0) is 18.3. The molecular weight excluding hydrogens is 342 g/mol. The summed E-state index contributed by atoms with van der Waals surface area (Å²) in [5.41, 5.74) is 2.94. The summed E-state index contributed by atoms with van der Waals surface area (Å²) in [4.78, 5) is 16.5. The second-order valence-corrected chi connectivity index (χ2v) is 8.66. The topological polar surface area (TPSA) is 29.5 Å². The first-order chi connectivity index (χ1) is 12.5. The first kappa shape index (κ1) is 17.5. The quantitative estimate of drug-likeness (QED) is 0.789. The minimum Gasteiger partial charge on any atom is -0.496 e. The highest BCUT2D eigenvalue weighted by molar-refractivity contribution is 7.99. The molecule has 4 heteroatoms. The summed E-state index contributed by atoms with van der Waals surface area (Å²) < 4.78 is 5.48. The molecule has 0 bridgehead atoms. The number of rotatable bonds is 3. The van der Waals surface area contributed by atoms with Crippen LogP contribution in [0.2, 0.25) is 0 Å². The van der Waals surface area contributed by atoms with E-state index in [0.717, 1.165) is 29.9 Å². The van der Waals surface area contributed by atoms with E-state index in [9.17, 15) is 4.79 Å². The molecule has 0 spiro atoms. The number of carbonyl (C=O) groups is 1. The summed E-state index contributed by atoms with van der Waals surface area (Å²) in [7, 11) is 3.69. The fourth-order valence-electron chi connectivity index (χ4n) is 4.66. The molecule has 0 N–H and O–H groups in total. The number of methoxy groups -OCH3 is 1. The molecule has 136 valence electrons. The Morgan fingerprint density at radius 1 is 1.19 bits per heavy atom. The molecule has 0 radical (unpaired) electrons. The van der Waals surface area contributed by atoms with Crippen LogP contribution in [0.4, 0.5) is 0 Å². The average molecular weight is 368 g/mol. The van der Waals surface area contributed by atoms with Gasteiger partial charge in [-0.15, -0.1) is 0 Å². The molecule has 1 amide bonds. The van der Waals surface area contributed by atoms with Gasteiger partial charge < -0.3 is 9.64 Å². The molecule has 1 aliphatic heterocycles. The van der Waals surface area contributed by atoms with Crippen molar-refractivity contribution >= 4 is 17.7 Å². The Morgan fingerprint density at radius 3 is 2.81 bits per heavy atom. The summed E-state index contributed by atoms with van der Waals surface area (Å²) in [6.45, 7) is 2.34. The second-order valence-electron chi connectivity index (χ2n) is 7.55. The zero-order valence-corrected chi connectivity index (χ0v) is 16.4. The van der Waals surface area contributed by atoms with Gasteiger partial charge in [0.2, 0.25) is 5.91 Å². The minimum absolute atomic E-state index is 0.0733. The predicted molar refractivity (Wildman–Crippen MR) is 105 cm³/mol. The molecule has 1 heterocycles. The number of hydrogen-bond donors (Lipinski definition) is 0. The number of fused-ring (bicyclic) bond motifs is 3.